The molecule has 5 nitrogen and oxygen atoms in total. The van der Waals surface area contributed by atoms with Gasteiger partial charge in [0.05, 0.1) is 5.02 Å². The van der Waals surface area contributed by atoms with Crippen LogP contribution < -0.4 is 10.0 Å². The molecule has 1 aliphatic heterocycles. The first-order valence-corrected chi connectivity index (χ1v) is 7.35. The van der Waals surface area contributed by atoms with E-state index in [-0.39, 0.29) is 18.1 Å². The molecule has 0 unspecified atom stereocenters. The third-order valence-electron chi connectivity index (χ3n) is 2.65. The summed E-state index contributed by atoms with van der Waals surface area (Å²) in [6, 6.07) is 1.42. The van der Waals surface area contributed by atoms with E-state index in [1.165, 1.54) is 4.31 Å². The molecule has 0 spiro atoms. The smallest absolute Gasteiger partial charge is 0.301 e. The van der Waals surface area contributed by atoms with E-state index in [2.05, 4.69) is 5.32 Å². The lowest BCUT2D eigenvalue weighted by Crippen LogP contribution is -2.48. The summed E-state index contributed by atoms with van der Waals surface area (Å²) in [6.45, 7) is 1.58. The number of nitrogens with zero attached hydrogens (tertiary/aromatic N) is 1. The highest BCUT2D eigenvalue weighted by atomic mass is 35.5. The lowest BCUT2D eigenvalue weighted by atomic mass is 10.3. The van der Waals surface area contributed by atoms with Gasteiger partial charge in [-0.1, -0.05) is 11.6 Å². The van der Waals surface area contributed by atoms with Crippen LogP contribution >= 0.6 is 11.6 Å². The molecule has 1 fully saturated rings. The van der Waals surface area contributed by atoms with Crippen molar-refractivity contribution in [1.29, 1.82) is 0 Å². The molecule has 19 heavy (non-hydrogen) atoms. The Hall–Kier alpha value is -0.960. The van der Waals surface area contributed by atoms with Gasteiger partial charge in [-0.15, -0.1) is 0 Å². The van der Waals surface area contributed by atoms with Crippen molar-refractivity contribution < 1.29 is 17.2 Å². The van der Waals surface area contributed by atoms with Crippen molar-refractivity contribution in [2.45, 2.75) is 0 Å². The van der Waals surface area contributed by atoms with Crippen molar-refractivity contribution in [3.63, 3.8) is 0 Å². The van der Waals surface area contributed by atoms with Crippen molar-refractivity contribution in [1.82, 2.24) is 9.62 Å². The number of hydrogen-bond donors (Lipinski definition) is 2. The van der Waals surface area contributed by atoms with E-state index in [9.17, 15) is 17.2 Å². The van der Waals surface area contributed by atoms with E-state index in [0.717, 1.165) is 6.07 Å². The zero-order chi connectivity index (χ0) is 14.0. The van der Waals surface area contributed by atoms with Crippen LogP contribution in [0.3, 0.4) is 0 Å². The van der Waals surface area contributed by atoms with Crippen molar-refractivity contribution in [2.24, 2.45) is 0 Å². The normalized spacial score (nSPS) is 17.4. The minimum atomic E-state index is -3.90. The fraction of sp³-hybridized carbons (Fsp3) is 0.400. The van der Waals surface area contributed by atoms with Gasteiger partial charge in [-0.05, 0) is 6.07 Å². The van der Waals surface area contributed by atoms with Crippen LogP contribution in [0.1, 0.15) is 0 Å². The predicted molar refractivity (Wildman–Crippen MR) is 68.4 cm³/mol. The van der Waals surface area contributed by atoms with Crippen molar-refractivity contribution in [3.8, 4) is 0 Å². The largest absolute Gasteiger partial charge is 0.314 e. The maximum Gasteiger partial charge on any atom is 0.301 e. The highest BCUT2D eigenvalue weighted by Crippen LogP contribution is 2.27. The summed E-state index contributed by atoms with van der Waals surface area (Å²) in [5.74, 6) is -1.92. The van der Waals surface area contributed by atoms with Gasteiger partial charge in [0, 0.05) is 32.2 Å². The molecular weight excluding hydrogens is 300 g/mol. The van der Waals surface area contributed by atoms with Crippen LogP contribution in [0.25, 0.3) is 0 Å². The Morgan fingerprint density at radius 3 is 2.47 bits per heavy atom. The second-order valence-electron chi connectivity index (χ2n) is 4.00. The van der Waals surface area contributed by atoms with Crippen LogP contribution in [0.5, 0.6) is 0 Å². The molecule has 0 atom stereocenters. The van der Waals surface area contributed by atoms with Crippen molar-refractivity contribution >= 4 is 27.5 Å². The molecule has 0 bridgehead atoms. The van der Waals surface area contributed by atoms with Gasteiger partial charge in [0.15, 0.2) is 5.82 Å². The topological polar surface area (TPSA) is 61.4 Å². The summed E-state index contributed by atoms with van der Waals surface area (Å²) in [5, 5.41) is 2.67. The Kier molecular flexibility index (Phi) is 4.24. The molecule has 106 valence electrons. The number of piperazine rings is 1. The zero-order valence-corrected chi connectivity index (χ0v) is 11.4. The Morgan fingerprint density at radius 1 is 1.26 bits per heavy atom. The Balaban J connectivity index is 2.25. The molecular formula is C10H12ClF2N3O2S. The van der Waals surface area contributed by atoms with E-state index < -0.39 is 27.5 Å². The Morgan fingerprint density at radius 2 is 1.89 bits per heavy atom. The number of rotatable bonds is 3. The van der Waals surface area contributed by atoms with Crippen LogP contribution in [0, 0.1) is 11.6 Å². The second kappa shape index (κ2) is 5.58. The molecule has 1 heterocycles. The maximum absolute atomic E-state index is 13.5. The van der Waals surface area contributed by atoms with Crippen LogP contribution in [0.15, 0.2) is 12.1 Å². The van der Waals surface area contributed by atoms with Crippen LogP contribution in [0.2, 0.25) is 5.02 Å². The lowest BCUT2D eigenvalue weighted by Gasteiger charge is -2.27. The first kappa shape index (κ1) is 14.4. The number of anilines is 1. The van der Waals surface area contributed by atoms with Crippen LogP contribution in [-0.4, -0.2) is 38.9 Å². The first-order valence-electron chi connectivity index (χ1n) is 5.53. The average Bonchev–Trinajstić information content (AvgIpc) is 2.35. The van der Waals surface area contributed by atoms with E-state index in [1.54, 1.807) is 0 Å². The van der Waals surface area contributed by atoms with Gasteiger partial charge >= 0.3 is 10.2 Å². The molecule has 0 radical (unpaired) electrons. The molecule has 2 rings (SSSR count). The highest BCUT2D eigenvalue weighted by molar-refractivity contribution is 7.90. The summed E-state index contributed by atoms with van der Waals surface area (Å²) >= 11 is 5.64. The van der Waals surface area contributed by atoms with Gasteiger partial charge < -0.3 is 5.32 Å². The molecule has 1 aromatic rings. The minimum Gasteiger partial charge on any atom is -0.314 e. The Bertz CT molecular complexity index is 553. The van der Waals surface area contributed by atoms with Crippen molar-refractivity contribution in [3.05, 3.63) is 28.8 Å². The average molecular weight is 312 g/mol. The molecule has 1 aliphatic rings. The summed E-state index contributed by atoms with van der Waals surface area (Å²) in [6.07, 6.45) is 0. The standard InChI is InChI=1S/C10H12ClF2N3O2S/c11-8-5-7(12)6-9(13)10(8)15-19(17,18)16-3-1-14-2-4-16/h5-6,14-15H,1-4H2. The Labute approximate surface area is 114 Å². The zero-order valence-electron chi connectivity index (χ0n) is 9.79. The second-order valence-corrected chi connectivity index (χ2v) is 6.08. The third-order valence-corrected chi connectivity index (χ3v) is 4.46. The minimum absolute atomic E-state index is 0.274. The number of hydrogen-bond acceptors (Lipinski definition) is 3. The summed E-state index contributed by atoms with van der Waals surface area (Å²) in [7, 11) is -3.90. The highest BCUT2D eigenvalue weighted by Gasteiger charge is 2.25. The summed E-state index contributed by atoms with van der Waals surface area (Å²) in [4.78, 5) is 0. The fourth-order valence-electron chi connectivity index (χ4n) is 1.72. The van der Waals surface area contributed by atoms with Gasteiger partial charge in [0.2, 0.25) is 0 Å². The van der Waals surface area contributed by atoms with Gasteiger partial charge in [0.25, 0.3) is 0 Å². The molecule has 9 heteroatoms. The molecule has 0 amide bonds. The van der Waals surface area contributed by atoms with Crippen molar-refractivity contribution in [2.75, 3.05) is 30.9 Å². The van der Waals surface area contributed by atoms with Gasteiger partial charge in [0.1, 0.15) is 11.5 Å². The predicted octanol–water partition coefficient (Wildman–Crippen LogP) is 1.18. The molecule has 0 saturated carbocycles. The monoisotopic (exact) mass is 311 g/mol. The van der Waals surface area contributed by atoms with Crippen LogP contribution in [0.4, 0.5) is 14.5 Å². The lowest BCUT2D eigenvalue weighted by molar-refractivity contribution is 0.362. The molecule has 1 saturated heterocycles. The first-order chi connectivity index (χ1) is 8.90. The van der Waals surface area contributed by atoms with Gasteiger partial charge in [-0.2, -0.15) is 12.7 Å². The van der Waals surface area contributed by atoms with E-state index in [0.29, 0.717) is 19.2 Å². The van der Waals surface area contributed by atoms with E-state index in [4.69, 9.17) is 11.6 Å². The maximum atomic E-state index is 13.5. The third kappa shape index (κ3) is 3.33. The molecule has 2 N–H and O–H groups in total. The van der Waals surface area contributed by atoms with Gasteiger partial charge in [-0.25, -0.2) is 8.78 Å². The fourth-order valence-corrected chi connectivity index (χ4v) is 3.27. The van der Waals surface area contributed by atoms with E-state index >= 15 is 0 Å². The summed E-state index contributed by atoms with van der Waals surface area (Å²) in [5.41, 5.74) is -0.443. The number of halogens is 3. The SMILES string of the molecule is O=S(=O)(Nc1c(F)cc(F)cc1Cl)N1CCNCC1. The van der Waals surface area contributed by atoms with Gasteiger partial charge in [-0.3, -0.25) is 4.72 Å². The van der Waals surface area contributed by atoms with E-state index in [1.807, 2.05) is 4.72 Å². The molecule has 1 aromatic carbocycles. The number of benzene rings is 1. The molecule has 0 aromatic heterocycles. The number of nitrogens with one attached hydrogen (secondary N) is 2. The quantitative estimate of drug-likeness (QED) is 0.881. The summed E-state index contributed by atoms with van der Waals surface area (Å²) < 4.78 is 53.6. The van der Waals surface area contributed by atoms with Crippen LogP contribution in [-0.2, 0) is 10.2 Å². The molecule has 0 aliphatic carbocycles.